The highest BCUT2D eigenvalue weighted by molar-refractivity contribution is 7.98. The number of thiazole rings is 1. The number of para-hydroxylation sites is 1. The number of aliphatic hydroxyl groups excluding tert-OH is 1. The molecule has 0 radical (unpaired) electrons. The molecule has 0 fully saturated rings. The van der Waals surface area contributed by atoms with E-state index in [4.69, 9.17) is 0 Å². The van der Waals surface area contributed by atoms with Gasteiger partial charge in [0.15, 0.2) is 10.3 Å². The zero-order valence-corrected chi connectivity index (χ0v) is 14.6. The fourth-order valence-electron chi connectivity index (χ4n) is 2.10. The number of nitrogens with one attached hydrogen (secondary N) is 1. The van der Waals surface area contributed by atoms with E-state index in [1.165, 1.54) is 5.56 Å². The smallest absolute Gasteiger partial charge is 0.187 e. The van der Waals surface area contributed by atoms with E-state index in [-0.39, 0.29) is 6.61 Å². The molecule has 0 aliphatic carbocycles. The zero-order valence-electron chi connectivity index (χ0n) is 13.0. The summed E-state index contributed by atoms with van der Waals surface area (Å²) in [5.41, 5.74) is 4.11. The van der Waals surface area contributed by atoms with Crippen LogP contribution in [-0.2, 0) is 19.4 Å². The first-order valence-electron chi connectivity index (χ1n) is 7.18. The SMILES string of the molecule is Cc1ccccc1Nc1nc(CSc2ncc(CO)n2C)cs1. The molecule has 2 N–H and O–H groups in total. The molecule has 2 heterocycles. The Morgan fingerprint density at radius 1 is 1.35 bits per heavy atom. The Hall–Kier alpha value is -1.83. The molecular formula is C16H18N4OS2. The van der Waals surface area contributed by atoms with Gasteiger partial charge in [0.2, 0.25) is 0 Å². The summed E-state index contributed by atoms with van der Waals surface area (Å²) in [6, 6.07) is 8.17. The number of aromatic nitrogens is 3. The summed E-state index contributed by atoms with van der Waals surface area (Å²) in [5, 5.41) is 16.4. The van der Waals surface area contributed by atoms with Gasteiger partial charge < -0.3 is 15.0 Å². The summed E-state index contributed by atoms with van der Waals surface area (Å²) in [7, 11) is 1.91. The quantitative estimate of drug-likeness (QED) is 0.666. The van der Waals surface area contributed by atoms with Gasteiger partial charge in [0.1, 0.15) is 0 Å². The van der Waals surface area contributed by atoms with Crippen LogP contribution in [0.15, 0.2) is 41.0 Å². The topological polar surface area (TPSA) is 63.0 Å². The highest BCUT2D eigenvalue weighted by Crippen LogP contribution is 2.27. The van der Waals surface area contributed by atoms with Crippen LogP contribution in [-0.4, -0.2) is 19.6 Å². The standard InChI is InChI=1S/C16H18N4OS2/c1-11-5-3-4-6-14(11)19-15-18-12(9-22-15)10-23-16-17-7-13(8-21)20(16)2/h3-7,9,21H,8,10H2,1-2H3,(H,18,19). The number of benzene rings is 1. The average Bonchev–Trinajstić information content (AvgIpc) is 3.14. The molecule has 0 atom stereocenters. The van der Waals surface area contributed by atoms with E-state index in [0.29, 0.717) is 0 Å². The van der Waals surface area contributed by atoms with Crippen LogP contribution < -0.4 is 5.32 Å². The molecule has 5 nitrogen and oxygen atoms in total. The van der Waals surface area contributed by atoms with E-state index in [1.807, 2.05) is 23.7 Å². The molecule has 0 saturated carbocycles. The van der Waals surface area contributed by atoms with Crippen LogP contribution in [0.5, 0.6) is 0 Å². The second kappa shape index (κ2) is 7.16. The predicted molar refractivity (Wildman–Crippen MR) is 95.3 cm³/mol. The first-order chi connectivity index (χ1) is 11.2. The number of nitrogens with zero attached hydrogens (tertiary/aromatic N) is 3. The Morgan fingerprint density at radius 3 is 2.91 bits per heavy atom. The van der Waals surface area contributed by atoms with Gasteiger partial charge in [-0.3, -0.25) is 0 Å². The minimum atomic E-state index is 0.00521. The molecule has 0 unspecified atom stereocenters. The molecule has 0 amide bonds. The van der Waals surface area contributed by atoms with Gasteiger partial charge in [-0.2, -0.15) is 0 Å². The lowest BCUT2D eigenvalue weighted by Crippen LogP contribution is -1.97. The van der Waals surface area contributed by atoms with Crippen LogP contribution in [0.3, 0.4) is 0 Å². The molecule has 23 heavy (non-hydrogen) atoms. The van der Waals surface area contributed by atoms with Crippen molar-refractivity contribution in [2.45, 2.75) is 24.4 Å². The van der Waals surface area contributed by atoms with Crippen molar-refractivity contribution < 1.29 is 5.11 Å². The van der Waals surface area contributed by atoms with E-state index >= 15 is 0 Å². The molecule has 0 saturated heterocycles. The summed E-state index contributed by atoms with van der Waals surface area (Å²) in [6.07, 6.45) is 1.70. The maximum absolute atomic E-state index is 9.19. The van der Waals surface area contributed by atoms with E-state index in [1.54, 1.807) is 29.3 Å². The van der Waals surface area contributed by atoms with E-state index < -0.39 is 0 Å². The van der Waals surface area contributed by atoms with Crippen molar-refractivity contribution in [3.63, 3.8) is 0 Å². The lowest BCUT2D eigenvalue weighted by molar-refractivity contribution is 0.271. The summed E-state index contributed by atoms with van der Waals surface area (Å²) < 4.78 is 1.91. The fraction of sp³-hybridized carbons (Fsp3) is 0.250. The maximum atomic E-state index is 9.19. The second-order valence-electron chi connectivity index (χ2n) is 5.12. The summed E-state index contributed by atoms with van der Waals surface area (Å²) in [4.78, 5) is 8.93. The molecule has 7 heteroatoms. The van der Waals surface area contributed by atoms with Gasteiger partial charge >= 0.3 is 0 Å². The van der Waals surface area contributed by atoms with Gasteiger partial charge in [-0.1, -0.05) is 30.0 Å². The molecule has 3 rings (SSSR count). The number of hydrogen-bond acceptors (Lipinski definition) is 6. The van der Waals surface area contributed by atoms with Crippen LogP contribution in [0.25, 0.3) is 0 Å². The number of anilines is 2. The van der Waals surface area contributed by atoms with Crippen molar-refractivity contribution in [3.05, 3.63) is 52.8 Å². The third-order valence-corrected chi connectivity index (χ3v) is 5.38. The van der Waals surface area contributed by atoms with Crippen LogP contribution in [0.2, 0.25) is 0 Å². The number of aliphatic hydroxyl groups is 1. The summed E-state index contributed by atoms with van der Waals surface area (Å²) in [5.74, 6) is 0.752. The third kappa shape index (κ3) is 3.74. The zero-order chi connectivity index (χ0) is 16.2. The van der Waals surface area contributed by atoms with Crippen molar-refractivity contribution in [1.82, 2.24) is 14.5 Å². The van der Waals surface area contributed by atoms with Gasteiger partial charge in [0.05, 0.1) is 24.2 Å². The number of imidazole rings is 1. The fourth-order valence-corrected chi connectivity index (χ4v) is 3.80. The van der Waals surface area contributed by atoms with Crippen molar-refractivity contribution in [2.24, 2.45) is 7.05 Å². The number of hydrogen-bond donors (Lipinski definition) is 2. The van der Waals surface area contributed by atoms with Crippen molar-refractivity contribution in [1.29, 1.82) is 0 Å². The molecule has 3 aromatic rings. The average molecular weight is 346 g/mol. The van der Waals surface area contributed by atoms with Crippen molar-refractivity contribution >= 4 is 33.9 Å². The van der Waals surface area contributed by atoms with Crippen molar-refractivity contribution in [3.8, 4) is 0 Å². The van der Waals surface area contributed by atoms with Crippen LogP contribution in [0.4, 0.5) is 10.8 Å². The minimum Gasteiger partial charge on any atom is -0.390 e. The molecule has 0 spiro atoms. The first kappa shape index (κ1) is 16.0. The van der Waals surface area contributed by atoms with E-state index in [0.717, 1.165) is 33.1 Å². The first-order valence-corrected chi connectivity index (χ1v) is 9.05. The Kier molecular flexibility index (Phi) is 5.00. The number of aryl methyl sites for hydroxylation is 1. The van der Waals surface area contributed by atoms with Gasteiger partial charge in [-0.15, -0.1) is 11.3 Å². The van der Waals surface area contributed by atoms with E-state index in [2.05, 4.69) is 39.7 Å². The number of rotatable bonds is 6. The lowest BCUT2D eigenvalue weighted by Gasteiger charge is -2.05. The van der Waals surface area contributed by atoms with Crippen LogP contribution in [0, 0.1) is 6.92 Å². The largest absolute Gasteiger partial charge is 0.390 e. The van der Waals surface area contributed by atoms with Gasteiger partial charge in [-0.25, -0.2) is 9.97 Å². The second-order valence-corrected chi connectivity index (χ2v) is 6.92. The Labute approximate surface area is 143 Å². The summed E-state index contributed by atoms with van der Waals surface area (Å²) >= 11 is 3.22. The van der Waals surface area contributed by atoms with Gasteiger partial charge in [0, 0.05) is 23.9 Å². The van der Waals surface area contributed by atoms with Gasteiger partial charge in [-0.05, 0) is 18.6 Å². The molecule has 0 aliphatic rings. The van der Waals surface area contributed by atoms with Gasteiger partial charge in [0.25, 0.3) is 0 Å². The predicted octanol–water partition coefficient (Wildman–Crippen LogP) is 3.71. The van der Waals surface area contributed by atoms with Crippen LogP contribution in [0.1, 0.15) is 17.0 Å². The molecule has 0 bridgehead atoms. The maximum Gasteiger partial charge on any atom is 0.187 e. The molecule has 0 aliphatic heterocycles. The summed E-state index contributed by atoms with van der Waals surface area (Å²) in [6.45, 7) is 2.08. The highest BCUT2D eigenvalue weighted by Gasteiger charge is 2.09. The molecule has 1 aromatic carbocycles. The number of thioether (sulfide) groups is 1. The monoisotopic (exact) mass is 346 g/mol. The Bertz CT molecular complexity index is 797. The normalized spacial score (nSPS) is 10.9. The highest BCUT2D eigenvalue weighted by atomic mass is 32.2. The Morgan fingerprint density at radius 2 is 2.17 bits per heavy atom. The van der Waals surface area contributed by atoms with Crippen LogP contribution >= 0.6 is 23.1 Å². The molecule has 120 valence electrons. The minimum absolute atomic E-state index is 0.00521. The van der Waals surface area contributed by atoms with E-state index in [9.17, 15) is 5.11 Å². The molecular weight excluding hydrogens is 328 g/mol. The van der Waals surface area contributed by atoms with Crippen molar-refractivity contribution in [2.75, 3.05) is 5.32 Å². The Balaban J connectivity index is 1.63. The third-order valence-electron chi connectivity index (χ3n) is 3.49. The molecule has 2 aromatic heterocycles. The lowest BCUT2D eigenvalue weighted by atomic mass is 10.2.